The minimum absolute atomic E-state index is 0.256. The Hall–Kier alpha value is -0.860. The molecule has 0 amide bonds. The number of hydrogen-bond acceptors (Lipinski definition) is 2. The molecule has 0 saturated carbocycles. The second kappa shape index (κ2) is 6.02. The lowest BCUT2D eigenvalue weighted by atomic mass is 9.80. The Bertz CT molecular complexity index is 322. The van der Waals surface area contributed by atoms with E-state index in [1.807, 2.05) is 0 Å². The third-order valence-corrected chi connectivity index (χ3v) is 2.64. The average Bonchev–Trinajstić information content (AvgIpc) is 2.19. The molecule has 0 saturated heterocycles. The van der Waals surface area contributed by atoms with Gasteiger partial charge in [-0.2, -0.15) is 0 Å². The zero-order chi connectivity index (χ0) is 12.9. The standard InChI is InChI=1S/C14H22.H2O2/c1-10(2)12-8-7-11(3)9-13(12)14(4,5)6;1-2/h7-10H,1-6H3;1-2H. The first-order valence-corrected chi connectivity index (χ1v) is 5.63. The lowest BCUT2D eigenvalue weighted by molar-refractivity contribution is -0.176. The molecule has 0 aromatic heterocycles. The van der Waals surface area contributed by atoms with Crippen LogP contribution in [-0.2, 0) is 5.41 Å². The monoisotopic (exact) mass is 224 g/mol. The van der Waals surface area contributed by atoms with Gasteiger partial charge in [0.15, 0.2) is 0 Å². The van der Waals surface area contributed by atoms with Crippen LogP contribution >= 0.6 is 0 Å². The zero-order valence-electron chi connectivity index (χ0n) is 11.2. The second-order valence-electron chi connectivity index (χ2n) is 5.50. The summed E-state index contributed by atoms with van der Waals surface area (Å²) in [6.45, 7) is 13.5. The fourth-order valence-electron chi connectivity index (χ4n) is 1.82. The van der Waals surface area contributed by atoms with Crippen molar-refractivity contribution in [1.82, 2.24) is 0 Å². The van der Waals surface area contributed by atoms with E-state index in [1.165, 1.54) is 16.7 Å². The van der Waals surface area contributed by atoms with Crippen molar-refractivity contribution < 1.29 is 10.5 Å². The Labute approximate surface area is 98.9 Å². The van der Waals surface area contributed by atoms with Crippen molar-refractivity contribution in [2.45, 2.75) is 52.9 Å². The van der Waals surface area contributed by atoms with Gasteiger partial charge >= 0.3 is 0 Å². The molecule has 1 aromatic carbocycles. The van der Waals surface area contributed by atoms with Gasteiger partial charge in [0.2, 0.25) is 0 Å². The lowest BCUT2D eigenvalue weighted by Gasteiger charge is -2.25. The second-order valence-corrected chi connectivity index (χ2v) is 5.50. The van der Waals surface area contributed by atoms with E-state index in [2.05, 4.69) is 59.7 Å². The minimum atomic E-state index is 0.256. The summed E-state index contributed by atoms with van der Waals surface area (Å²) < 4.78 is 0. The van der Waals surface area contributed by atoms with Gasteiger partial charge in [-0.1, -0.05) is 58.4 Å². The van der Waals surface area contributed by atoms with E-state index >= 15 is 0 Å². The Balaban J connectivity index is 0.00000106. The van der Waals surface area contributed by atoms with Crippen molar-refractivity contribution in [2.24, 2.45) is 0 Å². The van der Waals surface area contributed by atoms with Gasteiger partial charge in [-0.25, -0.2) is 0 Å². The summed E-state index contributed by atoms with van der Waals surface area (Å²) in [7, 11) is 0. The summed E-state index contributed by atoms with van der Waals surface area (Å²) in [6, 6.07) is 6.82. The van der Waals surface area contributed by atoms with Gasteiger partial charge in [0.05, 0.1) is 0 Å². The zero-order valence-corrected chi connectivity index (χ0v) is 11.2. The van der Waals surface area contributed by atoms with Crippen LogP contribution in [0.1, 0.15) is 57.2 Å². The molecule has 0 heterocycles. The first-order chi connectivity index (χ1) is 7.32. The molecule has 0 unspecified atom stereocenters. The average molecular weight is 224 g/mol. The Morgan fingerprint density at radius 2 is 1.56 bits per heavy atom. The molecule has 0 aliphatic carbocycles. The van der Waals surface area contributed by atoms with Crippen LogP contribution in [0.2, 0.25) is 0 Å². The van der Waals surface area contributed by atoms with E-state index in [4.69, 9.17) is 10.5 Å². The molecule has 1 rings (SSSR count). The van der Waals surface area contributed by atoms with E-state index in [-0.39, 0.29) is 5.41 Å². The maximum atomic E-state index is 6.00. The molecule has 0 bridgehead atoms. The molecule has 0 radical (unpaired) electrons. The van der Waals surface area contributed by atoms with E-state index in [0.29, 0.717) is 5.92 Å². The van der Waals surface area contributed by atoms with Crippen molar-refractivity contribution in [3.63, 3.8) is 0 Å². The van der Waals surface area contributed by atoms with E-state index in [0.717, 1.165) is 0 Å². The summed E-state index contributed by atoms with van der Waals surface area (Å²) in [4.78, 5) is 0. The van der Waals surface area contributed by atoms with Gasteiger partial charge in [-0.05, 0) is 29.4 Å². The topological polar surface area (TPSA) is 40.5 Å². The molecule has 0 aliphatic heterocycles. The van der Waals surface area contributed by atoms with Gasteiger partial charge in [-0.15, -0.1) is 0 Å². The van der Waals surface area contributed by atoms with E-state index < -0.39 is 0 Å². The summed E-state index contributed by atoms with van der Waals surface area (Å²) in [6.07, 6.45) is 0. The molecule has 2 heteroatoms. The van der Waals surface area contributed by atoms with Gasteiger partial charge in [-0.3, -0.25) is 10.5 Å². The molecular formula is C14H24O2. The third-order valence-electron chi connectivity index (χ3n) is 2.64. The Morgan fingerprint density at radius 1 is 1.06 bits per heavy atom. The Morgan fingerprint density at radius 3 is 1.94 bits per heavy atom. The predicted octanol–water partition coefficient (Wildman–Crippen LogP) is 4.43. The lowest BCUT2D eigenvalue weighted by Crippen LogP contribution is -2.15. The molecule has 0 atom stereocenters. The maximum Gasteiger partial charge on any atom is -0.0129 e. The van der Waals surface area contributed by atoms with Crippen molar-refractivity contribution in [1.29, 1.82) is 0 Å². The van der Waals surface area contributed by atoms with Gasteiger partial charge in [0.1, 0.15) is 0 Å². The van der Waals surface area contributed by atoms with Crippen LogP contribution in [0.3, 0.4) is 0 Å². The highest BCUT2D eigenvalue weighted by Gasteiger charge is 2.19. The number of benzene rings is 1. The quantitative estimate of drug-likeness (QED) is 0.547. The molecule has 92 valence electrons. The van der Waals surface area contributed by atoms with E-state index in [9.17, 15) is 0 Å². The first kappa shape index (κ1) is 15.1. The summed E-state index contributed by atoms with van der Waals surface area (Å²) in [5, 5.41) is 12.0. The van der Waals surface area contributed by atoms with Crippen LogP contribution in [0.25, 0.3) is 0 Å². The molecule has 1 aromatic rings. The third kappa shape index (κ3) is 3.95. The minimum Gasteiger partial charge on any atom is -0.255 e. The van der Waals surface area contributed by atoms with Crippen LogP contribution in [0.15, 0.2) is 18.2 Å². The highest BCUT2D eigenvalue weighted by Crippen LogP contribution is 2.31. The van der Waals surface area contributed by atoms with Crippen LogP contribution in [0, 0.1) is 6.92 Å². The van der Waals surface area contributed by atoms with Gasteiger partial charge in [0, 0.05) is 0 Å². The number of hydrogen-bond donors (Lipinski definition) is 2. The van der Waals surface area contributed by atoms with Crippen molar-refractivity contribution >= 4 is 0 Å². The predicted molar refractivity (Wildman–Crippen MR) is 69.2 cm³/mol. The highest BCUT2D eigenvalue weighted by molar-refractivity contribution is 5.38. The van der Waals surface area contributed by atoms with Crippen LogP contribution in [0.4, 0.5) is 0 Å². The molecule has 16 heavy (non-hydrogen) atoms. The number of aryl methyl sites for hydroxylation is 1. The summed E-state index contributed by atoms with van der Waals surface area (Å²) in [5.41, 5.74) is 4.60. The van der Waals surface area contributed by atoms with Crippen molar-refractivity contribution in [3.05, 3.63) is 34.9 Å². The largest absolute Gasteiger partial charge is 0.255 e. The Kier molecular flexibility index (Phi) is 5.70. The summed E-state index contributed by atoms with van der Waals surface area (Å²) >= 11 is 0. The molecule has 0 spiro atoms. The van der Waals surface area contributed by atoms with Crippen molar-refractivity contribution in [3.8, 4) is 0 Å². The maximum absolute atomic E-state index is 6.00. The number of rotatable bonds is 1. The molecular weight excluding hydrogens is 200 g/mol. The molecule has 2 nitrogen and oxygen atoms in total. The van der Waals surface area contributed by atoms with E-state index in [1.54, 1.807) is 0 Å². The molecule has 0 fully saturated rings. The summed E-state index contributed by atoms with van der Waals surface area (Å²) in [5.74, 6) is 0.616. The first-order valence-electron chi connectivity index (χ1n) is 5.63. The van der Waals surface area contributed by atoms with Crippen LogP contribution < -0.4 is 0 Å². The normalized spacial score (nSPS) is 11.1. The molecule has 0 aliphatic rings. The van der Waals surface area contributed by atoms with Crippen LogP contribution in [0.5, 0.6) is 0 Å². The fourth-order valence-corrected chi connectivity index (χ4v) is 1.82. The van der Waals surface area contributed by atoms with Gasteiger partial charge in [0.25, 0.3) is 0 Å². The van der Waals surface area contributed by atoms with Crippen molar-refractivity contribution in [2.75, 3.05) is 0 Å². The van der Waals surface area contributed by atoms with Gasteiger partial charge < -0.3 is 0 Å². The fraction of sp³-hybridized carbons (Fsp3) is 0.571. The highest BCUT2D eigenvalue weighted by atomic mass is 17.0. The van der Waals surface area contributed by atoms with Crippen LogP contribution in [-0.4, -0.2) is 10.5 Å². The smallest absolute Gasteiger partial charge is 0.0129 e. The molecule has 2 N–H and O–H groups in total. The SMILES string of the molecule is Cc1ccc(C(C)C)c(C(C)(C)C)c1.OO.